The van der Waals surface area contributed by atoms with Crippen molar-refractivity contribution in [3.05, 3.63) is 75.5 Å². The number of halogens is 2. The van der Waals surface area contributed by atoms with Crippen LogP contribution in [0.3, 0.4) is 0 Å². The highest BCUT2D eigenvalue weighted by Gasteiger charge is 2.16. The van der Waals surface area contributed by atoms with Gasteiger partial charge >= 0.3 is 0 Å². The third-order valence-electron chi connectivity index (χ3n) is 4.27. The SMILES string of the molecule is CCCNc1nccc(-c2ccn(C(CO)c3ccc(F)c(Cl)c3)c(=O)c2)n1.CO. The Bertz CT molecular complexity index is 1030. The third kappa shape index (κ3) is 5.63. The highest BCUT2D eigenvalue weighted by molar-refractivity contribution is 6.30. The van der Waals surface area contributed by atoms with Crippen LogP contribution in [0.4, 0.5) is 10.3 Å². The molecule has 1 unspecified atom stereocenters. The van der Waals surface area contributed by atoms with E-state index >= 15 is 0 Å². The summed E-state index contributed by atoms with van der Waals surface area (Å²) in [5.74, 6) is -0.0567. The number of hydrogen-bond acceptors (Lipinski definition) is 6. The van der Waals surface area contributed by atoms with Crippen LogP contribution >= 0.6 is 11.6 Å². The fourth-order valence-electron chi connectivity index (χ4n) is 2.82. The lowest BCUT2D eigenvalue weighted by Gasteiger charge is -2.18. The molecular formula is C21H24ClFN4O3. The lowest BCUT2D eigenvalue weighted by Crippen LogP contribution is -2.26. The first-order valence-electron chi connectivity index (χ1n) is 9.33. The van der Waals surface area contributed by atoms with Crippen molar-refractivity contribution < 1.29 is 14.6 Å². The van der Waals surface area contributed by atoms with Gasteiger partial charge in [-0.15, -0.1) is 0 Å². The smallest absolute Gasteiger partial charge is 0.251 e. The molecule has 0 radical (unpaired) electrons. The minimum atomic E-state index is -0.674. The number of aliphatic hydroxyl groups is 2. The predicted octanol–water partition coefficient (Wildman–Crippen LogP) is 3.11. The van der Waals surface area contributed by atoms with E-state index in [0.29, 0.717) is 22.8 Å². The van der Waals surface area contributed by atoms with Gasteiger partial charge < -0.3 is 20.1 Å². The molecule has 0 saturated carbocycles. The van der Waals surface area contributed by atoms with Gasteiger partial charge in [-0.2, -0.15) is 0 Å². The van der Waals surface area contributed by atoms with E-state index < -0.39 is 11.9 Å². The lowest BCUT2D eigenvalue weighted by molar-refractivity contribution is 0.247. The molecule has 9 heteroatoms. The van der Waals surface area contributed by atoms with E-state index in [1.54, 1.807) is 24.5 Å². The van der Waals surface area contributed by atoms with Gasteiger partial charge in [-0.25, -0.2) is 14.4 Å². The molecule has 2 heterocycles. The summed E-state index contributed by atoms with van der Waals surface area (Å²) in [6.45, 7) is 2.46. The monoisotopic (exact) mass is 434 g/mol. The topological polar surface area (TPSA) is 100 Å². The molecule has 3 N–H and O–H groups in total. The average molecular weight is 435 g/mol. The number of nitrogens with one attached hydrogen (secondary N) is 1. The van der Waals surface area contributed by atoms with Gasteiger partial charge in [0.15, 0.2) is 0 Å². The molecule has 0 aliphatic carbocycles. The summed E-state index contributed by atoms with van der Waals surface area (Å²) >= 11 is 5.83. The zero-order valence-corrected chi connectivity index (χ0v) is 17.5. The van der Waals surface area contributed by atoms with E-state index in [0.717, 1.165) is 20.1 Å². The molecule has 1 atom stereocenters. The van der Waals surface area contributed by atoms with Gasteiger partial charge in [0.25, 0.3) is 5.56 Å². The van der Waals surface area contributed by atoms with Crippen LogP contribution in [-0.4, -0.2) is 45.0 Å². The normalized spacial score (nSPS) is 11.4. The van der Waals surface area contributed by atoms with E-state index in [4.69, 9.17) is 16.7 Å². The number of anilines is 1. The number of benzene rings is 1. The molecule has 2 aromatic heterocycles. The second kappa shape index (κ2) is 11.4. The van der Waals surface area contributed by atoms with Crippen LogP contribution < -0.4 is 10.9 Å². The van der Waals surface area contributed by atoms with E-state index in [2.05, 4.69) is 15.3 Å². The summed E-state index contributed by atoms with van der Waals surface area (Å²) in [7, 11) is 1.00. The molecule has 3 aromatic rings. The quantitative estimate of drug-likeness (QED) is 0.528. The predicted molar refractivity (Wildman–Crippen MR) is 115 cm³/mol. The van der Waals surface area contributed by atoms with Gasteiger partial charge in [-0.3, -0.25) is 4.79 Å². The third-order valence-corrected chi connectivity index (χ3v) is 4.56. The number of pyridine rings is 1. The first kappa shape index (κ1) is 23.5. The highest BCUT2D eigenvalue weighted by Crippen LogP contribution is 2.23. The molecule has 30 heavy (non-hydrogen) atoms. The number of aromatic nitrogens is 3. The molecule has 0 aliphatic rings. The minimum absolute atomic E-state index is 0.0614. The van der Waals surface area contributed by atoms with Gasteiger partial charge in [-0.1, -0.05) is 24.6 Å². The minimum Gasteiger partial charge on any atom is -0.400 e. The zero-order valence-electron chi connectivity index (χ0n) is 16.7. The molecule has 0 saturated heterocycles. The molecule has 7 nitrogen and oxygen atoms in total. The summed E-state index contributed by atoms with van der Waals surface area (Å²) in [6.07, 6.45) is 4.15. The summed E-state index contributed by atoms with van der Waals surface area (Å²) in [5, 5.41) is 19.8. The van der Waals surface area contributed by atoms with Crippen LogP contribution in [0.15, 0.2) is 53.6 Å². The molecule has 0 fully saturated rings. The lowest BCUT2D eigenvalue weighted by atomic mass is 10.1. The van der Waals surface area contributed by atoms with Crippen molar-refractivity contribution in [1.29, 1.82) is 0 Å². The number of nitrogens with zero attached hydrogens (tertiary/aromatic N) is 3. The maximum absolute atomic E-state index is 13.4. The summed E-state index contributed by atoms with van der Waals surface area (Å²) in [6, 6.07) is 8.35. The molecule has 3 rings (SSSR count). The van der Waals surface area contributed by atoms with E-state index in [1.807, 2.05) is 6.92 Å². The Hall–Kier alpha value is -2.81. The van der Waals surface area contributed by atoms with Gasteiger partial charge in [0.1, 0.15) is 5.82 Å². The Morgan fingerprint density at radius 3 is 2.63 bits per heavy atom. The van der Waals surface area contributed by atoms with Crippen LogP contribution in [-0.2, 0) is 0 Å². The summed E-state index contributed by atoms with van der Waals surface area (Å²) in [5.41, 5.74) is 1.47. The van der Waals surface area contributed by atoms with Crippen molar-refractivity contribution in [1.82, 2.24) is 14.5 Å². The maximum Gasteiger partial charge on any atom is 0.251 e. The van der Waals surface area contributed by atoms with Crippen molar-refractivity contribution in [3.8, 4) is 11.3 Å². The molecule has 0 bridgehead atoms. The fraction of sp³-hybridized carbons (Fsp3) is 0.286. The fourth-order valence-corrected chi connectivity index (χ4v) is 3.01. The standard InChI is InChI=1S/C20H20ClFN4O2.CH4O/c1-2-7-23-20-24-8-5-17(25-20)13-6-9-26(19(28)11-13)18(12-27)14-3-4-16(22)15(21)10-14;1-2/h3-6,8-11,18,27H,2,7,12H2,1H3,(H,23,24,25);2H,1H3. The van der Waals surface area contributed by atoms with Crippen LogP contribution in [0, 0.1) is 5.82 Å². The molecule has 0 aliphatic heterocycles. The number of hydrogen-bond donors (Lipinski definition) is 3. The molecule has 160 valence electrons. The van der Waals surface area contributed by atoms with Crippen LogP contribution in [0.25, 0.3) is 11.3 Å². The van der Waals surface area contributed by atoms with E-state index in [9.17, 15) is 14.3 Å². The Kier molecular flexibility index (Phi) is 8.91. The number of aliphatic hydroxyl groups excluding tert-OH is 2. The largest absolute Gasteiger partial charge is 0.400 e. The zero-order chi connectivity index (χ0) is 22.1. The highest BCUT2D eigenvalue weighted by atomic mass is 35.5. The van der Waals surface area contributed by atoms with Crippen molar-refractivity contribution in [2.24, 2.45) is 0 Å². The van der Waals surface area contributed by atoms with Crippen molar-refractivity contribution in [2.75, 3.05) is 25.6 Å². The molecule has 0 spiro atoms. The maximum atomic E-state index is 13.4. The molecular weight excluding hydrogens is 411 g/mol. The van der Waals surface area contributed by atoms with E-state index in [-0.39, 0.29) is 17.2 Å². The molecule has 0 amide bonds. The van der Waals surface area contributed by atoms with Gasteiger partial charge in [0.05, 0.1) is 23.4 Å². The Morgan fingerprint density at radius 1 is 1.23 bits per heavy atom. The average Bonchev–Trinajstić information content (AvgIpc) is 2.77. The van der Waals surface area contributed by atoms with Crippen LogP contribution in [0.5, 0.6) is 0 Å². The van der Waals surface area contributed by atoms with Crippen LogP contribution in [0.2, 0.25) is 5.02 Å². The summed E-state index contributed by atoms with van der Waals surface area (Å²) < 4.78 is 14.8. The van der Waals surface area contributed by atoms with E-state index in [1.165, 1.54) is 28.8 Å². The Morgan fingerprint density at radius 2 is 2.00 bits per heavy atom. The van der Waals surface area contributed by atoms with Crippen molar-refractivity contribution >= 4 is 17.5 Å². The Balaban J connectivity index is 0.00000155. The first-order valence-corrected chi connectivity index (χ1v) is 9.71. The molecule has 1 aromatic carbocycles. The Labute approximate surface area is 178 Å². The van der Waals surface area contributed by atoms with Crippen molar-refractivity contribution in [3.63, 3.8) is 0 Å². The van der Waals surface area contributed by atoms with Crippen LogP contribution in [0.1, 0.15) is 24.9 Å². The second-order valence-electron chi connectivity index (χ2n) is 6.23. The van der Waals surface area contributed by atoms with Gasteiger partial charge in [-0.05, 0) is 36.2 Å². The van der Waals surface area contributed by atoms with Crippen molar-refractivity contribution in [2.45, 2.75) is 19.4 Å². The number of rotatable bonds is 7. The second-order valence-corrected chi connectivity index (χ2v) is 6.63. The van der Waals surface area contributed by atoms with Gasteiger partial charge in [0, 0.05) is 37.7 Å². The summed E-state index contributed by atoms with van der Waals surface area (Å²) in [4.78, 5) is 21.3. The van der Waals surface area contributed by atoms with Gasteiger partial charge in [0.2, 0.25) is 5.95 Å². The first-order chi connectivity index (χ1) is 14.5.